The van der Waals surface area contributed by atoms with E-state index >= 15 is 0 Å². The van der Waals surface area contributed by atoms with Crippen LogP contribution in [0.2, 0.25) is 0 Å². The molecule has 0 spiro atoms. The molecule has 0 aromatic heterocycles. The van der Waals surface area contributed by atoms with Crippen LogP contribution in [0, 0.1) is 0 Å². The van der Waals surface area contributed by atoms with Gasteiger partial charge in [-0.1, -0.05) is 24.3 Å². The molecule has 0 aliphatic heterocycles. The van der Waals surface area contributed by atoms with E-state index in [1.807, 2.05) is 0 Å². The number of hydrogen-bond donors (Lipinski definition) is 2. The zero-order valence-electron chi connectivity index (χ0n) is 12.7. The lowest BCUT2D eigenvalue weighted by Gasteiger charge is -2.15. The lowest BCUT2D eigenvalue weighted by atomic mass is 10.1. The van der Waals surface area contributed by atoms with Gasteiger partial charge in [-0.3, -0.25) is 20.4 Å². The molecule has 2 rings (SSSR count). The minimum atomic E-state index is -4.82. The molecule has 138 valence electrons. The maximum atomic E-state index is 12.9. The summed E-state index contributed by atoms with van der Waals surface area (Å²) in [5.74, 6) is -2.65. The van der Waals surface area contributed by atoms with E-state index < -0.39 is 46.4 Å². The van der Waals surface area contributed by atoms with E-state index in [-0.39, 0.29) is 0 Å². The SMILES string of the molecule is O=C(NNC(=O)c1ccccc1C(F)(F)F)c1ccccc1C(F)(F)F. The van der Waals surface area contributed by atoms with Crippen molar-refractivity contribution in [3.63, 3.8) is 0 Å². The van der Waals surface area contributed by atoms with Gasteiger partial charge >= 0.3 is 12.4 Å². The second kappa shape index (κ2) is 7.06. The number of rotatable bonds is 2. The predicted octanol–water partition coefficient (Wildman–Crippen LogP) is 3.80. The first-order valence-corrected chi connectivity index (χ1v) is 6.95. The lowest BCUT2D eigenvalue weighted by Crippen LogP contribution is -2.42. The average Bonchev–Trinajstić information content (AvgIpc) is 2.58. The van der Waals surface area contributed by atoms with Crippen LogP contribution in [0.15, 0.2) is 48.5 Å². The van der Waals surface area contributed by atoms with Gasteiger partial charge in [0.15, 0.2) is 0 Å². The summed E-state index contributed by atoms with van der Waals surface area (Å²) in [7, 11) is 0. The summed E-state index contributed by atoms with van der Waals surface area (Å²) in [6.07, 6.45) is -9.64. The number of carbonyl (C=O) groups is 2. The topological polar surface area (TPSA) is 58.2 Å². The zero-order valence-corrected chi connectivity index (χ0v) is 12.7. The Morgan fingerprint density at radius 3 is 1.23 bits per heavy atom. The van der Waals surface area contributed by atoms with Crippen LogP contribution < -0.4 is 10.9 Å². The van der Waals surface area contributed by atoms with E-state index in [1.54, 1.807) is 10.9 Å². The van der Waals surface area contributed by atoms with E-state index in [2.05, 4.69) is 0 Å². The number of benzene rings is 2. The minimum absolute atomic E-state index is 0.662. The molecule has 0 unspecified atom stereocenters. The Morgan fingerprint density at radius 1 is 0.615 bits per heavy atom. The van der Waals surface area contributed by atoms with Gasteiger partial charge in [0.05, 0.1) is 22.3 Å². The standard InChI is InChI=1S/C16H10F6N2O2/c17-15(18,19)11-7-3-1-5-9(11)13(25)23-24-14(26)10-6-2-4-8-12(10)16(20,21)22/h1-8H,(H,23,25)(H,24,26). The van der Waals surface area contributed by atoms with Crippen molar-refractivity contribution in [1.82, 2.24) is 10.9 Å². The van der Waals surface area contributed by atoms with Crippen LogP contribution in [-0.2, 0) is 12.4 Å². The summed E-state index contributed by atoms with van der Waals surface area (Å²) in [5.41, 5.74) is -0.706. The number of hydrogen-bond acceptors (Lipinski definition) is 2. The molecule has 0 bridgehead atoms. The molecule has 2 aromatic carbocycles. The summed E-state index contributed by atoms with van der Waals surface area (Å²) in [4.78, 5) is 23.8. The van der Waals surface area contributed by atoms with E-state index in [0.717, 1.165) is 24.3 Å². The molecule has 0 heterocycles. The second-order valence-corrected chi connectivity index (χ2v) is 4.99. The molecule has 0 saturated carbocycles. The Kier molecular flexibility index (Phi) is 5.24. The third-order valence-corrected chi connectivity index (χ3v) is 3.24. The molecule has 2 N–H and O–H groups in total. The van der Waals surface area contributed by atoms with Crippen LogP contribution in [0.3, 0.4) is 0 Å². The summed E-state index contributed by atoms with van der Waals surface area (Å²) in [6.45, 7) is 0. The number of alkyl halides is 6. The largest absolute Gasteiger partial charge is 0.417 e. The molecule has 0 saturated heterocycles. The highest BCUT2D eigenvalue weighted by Gasteiger charge is 2.36. The van der Waals surface area contributed by atoms with Gasteiger partial charge in [0.1, 0.15) is 0 Å². The van der Waals surface area contributed by atoms with Gasteiger partial charge in [0, 0.05) is 0 Å². The first-order chi connectivity index (χ1) is 12.0. The number of amides is 2. The van der Waals surface area contributed by atoms with Crippen molar-refractivity contribution >= 4 is 11.8 Å². The lowest BCUT2D eigenvalue weighted by molar-refractivity contribution is -0.138. The summed E-state index contributed by atoms with van der Waals surface area (Å²) in [5, 5.41) is 0. The van der Waals surface area contributed by atoms with E-state index in [1.165, 1.54) is 12.1 Å². The molecule has 0 aliphatic rings. The molecular formula is C16H10F6N2O2. The van der Waals surface area contributed by atoms with Crippen LogP contribution in [0.5, 0.6) is 0 Å². The van der Waals surface area contributed by atoms with Crippen molar-refractivity contribution in [3.8, 4) is 0 Å². The molecule has 0 fully saturated rings. The zero-order chi connectivity index (χ0) is 19.5. The average molecular weight is 376 g/mol. The predicted molar refractivity (Wildman–Crippen MR) is 77.8 cm³/mol. The van der Waals surface area contributed by atoms with Crippen LogP contribution in [0.25, 0.3) is 0 Å². The highest BCUT2D eigenvalue weighted by Crippen LogP contribution is 2.32. The van der Waals surface area contributed by atoms with Crippen molar-refractivity contribution in [2.24, 2.45) is 0 Å². The Hall–Kier alpha value is -3.04. The monoisotopic (exact) mass is 376 g/mol. The Bertz CT molecular complexity index is 760. The van der Waals surface area contributed by atoms with Gasteiger partial charge in [-0.05, 0) is 24.3 Å². The summed E-state index contributed by atoms with van der Waals surface area (Å²) >= 11 is 0. The van der Waals surface area contributed by atoms with Gasteiger partial charge < -0.3 is 0 Å². The van der Waals surface area contributed by atoms with Gasteiger partial charge in [0.2, 0.25) is 0 Å². The molecule has 10 heteroatoms. The number of carbonyl (C=O) groups excluding carboxylic acids is 2. The van der Waals surface area contributed by atoms with Crippen molar-refractivity contribution in [1.29, 1.82) is 0 Å². The van der Waals surface area contributed by atoms with Gasteiger partial charge in [-0.15, -0.1) is 0 Å². The van der Waals surface area contributed by atoms with Crippen molar-refractivity contribution in [2.75, 3.05) is 0 Å². The maximum Gasteiger partial charge on any atom is 0.417 e. The summed E-state index contributed by atoms with van der Waals surface area (Å²) in [6, 6.07) is 7.54. The van der Waals surface area contributed by atoms with Crippen LogP contribution in [0.1, 0.15) is 31.8 Å². The van der Waals surface area contributed by atoms with Crippen LogP contribution in [-0.4, -0.2) is 11.8 Å². The van der Waals surface area contributed by atoms with E-state index in [0.29, 0.717) is 12.1 Å². The second-order valence-electron chi connectivity index (χ2n) is 4.99. The Labute approximate surface area is 142 Å². The fraction of sp³-hybridized carbons (Fsp3) is 0.125. The number of hydrazine groups is 1. The number of nitrogens with one attached hydrogen (secondary N) is 2. The van der Waals surface area contributed by atoms with Crippen molar-refractivity contribution in [2.45, 2.75) is 12.4 Å². The smallest absolute Gasteiger partial charge is 0.267 e. The fourth-order valence-electron chi connectivity index (χ4n) is 2.10. The van der Waals surface area contributed by atoms with Gasteiger partial charge in [-0.2, -0.15) is 26.3 Å². The molecule has 4 nitrogen and oxygen atoms in total. The molecule has 2 aromatic rings. The van der Waals surface area contributed by atoms with E-state index in [9.17, 15) is 35.9 Å². The normalized spacial score (nSPS) is 11.8. The first-order valence-electron chi connectivity index (χ1n) is 6.95. The van der Waals surface area contributed by atoms with Crippen LogP contribution in [0.4, 0.5) is 26.3 Å². The Morgan fingerprint density at radius 2 is 0.923 bits per heavy atom. The van der Waals surface area contributed by atoms with Crippen LogP contribution >= 0.6 is 0 Å². The fourth-order valence-corrected chi connectivity index (χ4v) is 2.10. The minimum Gasteiger partial charge on any atom is -0.267 e. The van der Waals surface area contributed by atoms with Gasteiger partial charge in [0.25, 0.3) is 11.8 Å². The quantitative estimate of drug-likeness (QED) is 0.619. The number of halogens is 6. The molecule has 0 radical (unpaired) electrons. The molecule has 2 amide bonds. The molecule has 0 aliphatic carbocycles. The maximum absolute atomic E-state index is 12.9. The molecule has 0 atom stereocenters. The van der Waals surface area contributed by atoms with E-state index in [4.69, 9.17) is 0 Å². The third-order valence-electron chi connectivity index (χ3n) is 3.24. The third kappa shape index (κ3) is 4.32. The van der Waals surface area contributed by atoms with Gasteiger partial charge in [-0.25, -0.2) is 0 Å². The highest BCUT2D eigenvalue weighted by atomic mass is 19.4. The Balaban J connectivity index is 2.19. The summed E-state index contributed by atoms with van der Waals surface area (Å²) < 4.78 is 77.2. The van der Waals surface area contributed by atoms with Crippen molar-refractivity contribution in [3.05, 3.63) is 70.8 Å². The highest BCUT2D eigenvalue weighted by molar-refractivity contribution is 6.00. The first kappa shape index (κ1) is 19.3. The molecule has 26 heavy (non-hydrogen) atoms. The van der Waals surface area contributed by atoms with Crippen molar-refractivity contribution < 1.29 is 35.9 Å². The molecular weight excluding hydrogens is 366 g/mol.